The first kappa shape index (κ1) is 24.6. The second-order valence-corrected chi connectivity index (χ2v) is 8.31. The highest BCUT2D eigenvalue weighted by atomic mass is 19.4. The van der Waals surface area contributed by atoms with Crippen molar-refractivity contribution in [2.45, 2.75) is 44.9 Å². The van der Waals surface area contributed by atoms with Crippen molar-refractivity contribution >= 4 is 11.9 Å². The van der Waals surface area contributed by atoms with Gasteiger partial charge in [-0.15, -0.1) is 10.2 Å². The van der Waals surface area contributed by atoms with E-state index in [-0.39, 0.29) is 17.1 Å². The fourth-order valence-electron chi connectivity index (χ4n) is 4.20. The van der Waals surface area contributed by atoms with Gasteiger partial charge >= 0.3 is 12.1 Å². The summed E-state index contributed by atoms with van der Waals surface area (Å²) >= 11 is 0. The Hall–Kier alpha value is -3.02. The molecule has 12 heteroatoms. The van der Waals surface area contributed by atoms with E-state index in [1.165, 1.54) is 12.1 Å². The van der Waals surface area contributed by atoms with Gasteiger partial charge in [-0.05, 0) is 55.5 Å². The molecule has 4 rings (SSSR count). The Labute approximate surface area is 187 Å². The Balaban J connectivity index is 0.000000383. The summed E-state index contributed by atoms with van der Waals surface area (Å²) in [6.07, 6.45) is -0.913. The molecule has 2 aliphatic rings. The molecular weight excluding hydrogens is 446 g/mol. The number of carboxylic acids is 1. The van der Waals surface area contributed by atoms with Crippen molar-refractivity contribution in [3.05, 3.63) is 47.3 Å². The van der Waals surface area contributed by atoms with Gasteiger partial charge in [-0.2, -0.15) is 13.2 Å². The number of alkyl halides is 3. The monoisotopic (exact) mass is 471 g/mol. The fraction of sp³-hybridized carbons (Fsp3) is 0.524. The van der Waals surface area contributed by atoms with Gasteiger partial charge in [0.25, 0.3) is 5.91 Å². The molecule has 0 unspecified atom stereocenters. The van der Waals surface area contributed by atoms with Crippen molar-refractivity contribution in [1.29, 1.82) is 0 Å². The molecule has 1 aromatic carbocycles. The normalized spacial score (nSPS) is 17.6. The number of hydrogen-bond donors (Lipinski definition) is 2. The number of rotatable bonds is 3. The largest absolute Gasteiger partial charge is 0.490 e. The molecule has 2 N–H and O–H groups in total. The first-order valence-corrected chi connectivity index (χ1v) is 10.4. The number of nitrogens with zero attached hydrogens (tertiary/aromatic N) is 4. The van der Waals surface area contributed by atoms with Gasteiger partial charge in [0, 0.05) is 26.6 Å². The van der Waals surface area contributed by atoms with E-state index >= 15 is 0 Å². The molecule has 1 fully saturated rings. The molecule has 2 aromatic rings. The van der Waals surface area contributed by atoms with E-state index in [0.717, 1.165) is 63.3 Å². The predicted molar refractivity (Wildman–Crippen MR) is 109 cm³/mol. The summed E-state index contributed by atoms with van der Waals surface area (Å²) in [4.78, 5) is 23.4. The first-order valence-electron chi connectivity index (χ1n) is 10.4. The lowest BCUT2D eigenvalue weighted by Gasteiger charge is -2.44. The SMILES string of the molecule is CNC(=O)c1nnc2n1CC1(CC2)CCN(Cc2ccc(F)cc2)CC1.O=C(O)C(F)(F)F. The molecule has 0 saturated carbocycles. The van der Waals surface area contributed by atoms with Crippen LogP contribution in [-0.4, -0.2) is 63.0 Å². The van der Waals surface area contributed by atoms with Gasteiger partial charge in [-0.3, -0.25) is 9.69 Å². The molecule has 0 bridgehead atoms. The molecule has 1 aromatic heterocycles. The fourth-order valence-corrected chi connectivity index (χ4v) is 4.20. The average molecular weight is 471 g/mol. The van der Waals surface area contributed by atoms with E-state index in [1.54, 1.807) is 7.05 Å². The van der Waals surface area contributed by atoms with E-state index in [9.17, 15) is 22.4 Å². The van der Waals surface area contributed by atoms with E-state index in [2.05, 4.69) is 20.4 Å². The van der Waals surface area contributed by atoms with Crippen LogP contribution in [0, 0.1) is 11.2 Å². The number of aromatic nitrogens is 3. The van der Waals surface area contributed by atoms with Crippen LogP contribution in [0.15, 0.2) is 24.3 Å². The van der Waals surface area contributed by atoms with E-state index in [0.29, 0.717) is 5.82 Å². The van der Waals surface area contributed by atoms with Gasteiger partial charge in [0.1, 0.15) is 11.6 Å². The van der Waals surface area contributed by atoms with Crippen molar-refractivity contribution < 1.29 is 32.3 Å². The maximum atomic E-state index is 13.1. The molecule has 8 nitrogen and oxygen atoms in total. The van der Waals surface area contributed by atoms with E-state index in [1.807, 2.05) is 16.7 Å². The summed E-state index contributed by atoms with van der Waals surface area (Å²) < 4.78 is 46.8. The topological polar surface area (TPSA) is 100 Å². The summed E-state index contributed by atoms with van der Waals surface area (Å²) in [6, 6.07) is 6.77. The number of carbonyl (C=O) groups excluding carboxylic acids is 1. The van der Waals surface area contributed by atoms with Gasteiger partial charge in [0.15, 0.2) is 0 Å². The Kier molecular flexibility index (Phi) is 7.35. The van der Waals surface area contributed by atoms with Crippen molar-refractivity contribution in [3.8, 4) is 0 Å². The second kappa shape index (κ2) is 9.86. The molecule has 0 radical (unpaired) electrons. The number of fused-ring (bicyclic) bond motifs is 1. The molecular formula is C21H25F4N5O3. The zero-order valence-electron chi connectivity index (χ0n) is 18.0. The lowest BCUT2D eigenvalue weighted by molar-refractivity contribution is -0.192. The molecule has 33 heavy (non-hydrogen) atoms. The standard InChI is InChI=1S/C19H24FN5O.C2HF3O2/c1-21-18(26)17-23-22-16-6-7-19(13-25(16)17)8-10-24(11-9-19)12-14-2-4-15(20)5-3-14;3-2(4,5)1(6)7/h2-5H,6-13H2,1H3,(H,21,26);(H,6,7). The smallest absolute Gasteiger partial charge is 0.475 e. The van der Waals surface area contributed by atoms with Gasteiger partial charge in [-0.1, -0.05) is 12.1 Å². The highest BCUT2D eigenvalue weighted by molar-refractivity contribution is 5.90. The summed E-state index contributed by atoms with van der Waals surface area (Å²) in [6.45, 7) is 3.72. The van der Waals surface area contributed by atoms with Crippen LogP contribution < -0.4 is 5.32 Å². The van der Waals surface area contributed by atoms with Crippen LogP contribution in [0.4, 0.5) is 17.6 Å². The third-order valence-corrected chi connectivity index (χ3v) is 6.11. The highest BCUT2D eigenvalue weighted by Crippen LogP contribution is 2.41. The lowest BCUT2D eigenvalue weighted by Crippen LogP contribution is -2.44. The molecule has 1 spiro atoms. The van der Waals surface area contributed by atoms with Crippen LogP contribution in [0.5, 0.6) is 0 Å². The van der Waals surface area contributed by atoms with Crippen LogP contribution in [0.25, 0.3) is 0 Å². The average Bonchev–Trinajstić information content (AvgIpc) is 3.19. The van der Waals surface area contributed by atoms with Gasteiger partial charge in [0.2, 0.25) is 5.82 Å². The van der Waals surface area contributed by atoms with E-state index in [4.69, 9.17) is 9.90 Å². The molecule has 0 aliphatic carbocycles. The van der Waals surface area contributed by atoms with Crippen molar-refractivity contribution in [2.75, 3.05) is 20.1 Å². The summed E-state index contributed by atoms with van der Waals surface area (Å²) in [5.41, 5.74) is 1.37. The Morgan fingerprint density at radius 1 is 1.12 bits per heavy atom. The summed E-state index contributed by atoms with van der Waals surface area (Å²) in [7, 11) is 1.62. The number of aryl methyl sites for hydroxylation is 1. The highest BCUT2D eigenvalue weighted by Gasteiger charge is 2.40. The van der Waals surface area contributed by atoms with Crippen LogP contribution >= 0.6 is 0 Å². The molecule has 2 aliphatic heterocycles. The quantitative estimate of drug-likeness (QED) is 0.668. The van der Waals surface area contributed by atoms with E-state index < -0.39 is 12.1 Å². The zero-order valence-corrected chi connectivity index (χ0v) is 18.0. The Morgan fingerprint density at radius 2 is 1.73 bits per heavy atom. The van der Waals surface area contributed by atoms with Crippen molar-refractivity contribution in [3.63, 3.8) is 0 Å². The van der Waals surface area contributed by atoms with Crippen molar-refractivity contribution in [2.24, 2.45) is 5.41 Å². The molecule has 1 amide bonds. The number of aliphatic carboxylic acids is 1. The molecule has 1 saturated heterocycles. The van der Waals surface area contributed by atoms with Gasteiger partial charge in [-0.25, -0.2) is 9.18 Å². The lowest BCUT2D eigenvalue weighted by atomic mass is 9.73. The van der Waals surface area contributed by atoms with Crippen LogP contribution in [-0.2, 0) is 24.3 Å². The number of hydrogen-bond acceptors (Lipinski definition) is 5. The first-order chi connectivity index (χ1) is 15.5. The van der Waals surface area contributed by atoms with Crippen LogP contribution in [0.2, 0.25) is 0 Å². The van der Waals surface area contributed by atoms with Crippen molar-refractivity contribution in [1.82, 2.24) is 25.0 Å². The van der Waals surface area contributed by atoms with Crippen LogP contribution in [0.1, 0.15) is 41.3 Å². The number of benzene rings is 1. The third-order valence-electron chi connectivity index (χ3n) is 6.11. The third kappa shape index (κ3) is 6.06. The number of carbonyl (C=O) groups is 2. The maximum absolute atomic E-state index is 13.1. The minimum absolute atomic E-state index is 0.172. The predicted octanol–water partition coefficient (Wildman–Crippen LogP) is 2.64. The molecule has 3 heterocycles. The minimum atomic E-state index is -5.08. The summed E-state index contributed by atoms with van der Waals surface area (Å²) in [5, 5.41) is 18.1. The number of nitrogens with one attached hydrogen (secondary N) is 1. The summed E-state index contributed by atoms with van der Waals surface area (Å²) in [5.74, 6) is -1.77. The maximum Gasteiger partial charge on any atom is 0.490 e. The molecule has 180 valence electrons. The Bertz CT molecular complexity index is 983. The van der Waals surface area contributed by atoms with Crippen LogP contribution in [0.3, 0.4) is 0 Å². The zero-order chi connectivity index (χ0) is 24.2. The van der Waals surface area contributed by atoms with Gasteiger partial charge in [0.05, 0.1) is 0 Å². The number of amides is 1. The number of carboxylic acid groups (broad SMARTS) is 1. The number of halogens is 4. The number of likely N-dealkylation sites (tertiary alicyclic amines) is 1. The minimum Gasteiger partial charge on any atom is -0.475 e. The molecule has 0 atom stereocenters. The van der Waals surface area contributed by atoms with Gasteiger partial charge < -0.3 is 15.0 Å². The second-order valence-electron chi connectivity index (χ2n) is 8.31. The Morgan fingerprint density at radius 3 is 2.27 bits per heavy atom. The number of piperidine rings is 1.